The molecule has 1 aliphatic heterocycles. The monoisotopic (exact) mass is 243 g/mol. The van der Waals surface area contributed by atoms with Crippen LogP contribution in [0.15, 0.2) is 36.1 Å². The Morgan fingerprint density at radius 2 is 2.12 bits per heavy atom. The smallest absolute Gasteiger partial charge is 0.0738 e. The Hall–Kier alpha value is -1.20. The Balaban J connectivity index is 2.43. The van der Waals surface area contributed by atoms with Crippen LogP contribution >= 0.6 is 8.58 Å². The van der Waals surface area contributed by atoms with Gasteiger partial charge in [0.15, 0.2) is 0 Å². The highest BCUT2D eigenvalue weighted by Gasteiger charge is 2.11. The lowest BCUT2D eigenvalue weighted by Gasteiger charge is -2.14. The first-order valence-corrected chi connectivity index (χ1v) is 7.13. The summed E-state index contributed by atoms with van der Waals surface area (Å²) >= 11 is 0. The van der Waals surface area contributed by atoms with Crippen LogP contribution in [0.5, 0.6) is 0 Å². The molecule has 0 saturated heterocycles. The molecule has 17 heavy (non-hydrogen) atoms. The Morgan fingerprint density at radius 1 is 1.29 bits per heavy atom. The maximum Gasteiger partial charge on any atom is 0.0738 e. The predicted octanol–water partition coefficient (Wildman–Crippen LogP) is 4.40. The zero-order valence-electron chi connectivity index (χ0n) is 10.6. The lowest BCUT2D eigenvalue weighted by molar-refractivity contribution is 1.22. The summed E-state index contributed by atoms with van der Waals surface area (Å²) in [7, 11) is 0.852. The minimum Gasteiger partial charge on any atom is -0.256 e. The number of aromatic nitrogens is 1. The molecule has 1 unspecified atom stereocenters. The minimum atomic E-state index is 0.852. The van der Waals surface area contributed by atoms with Gasteiger partial charge in [-0.2, -0.15) is 0 Å². The molecule has 2 rings (SSSR count). The average Bonchev–Trinajstić information content (AvgIpc) is 2.34. The topological polar surface area (TPSA) is 12.9 Å². The normalized spacial score (nSPS) is 17.4. The molecule has 1 aromatic heterocycles. The summed E-state index contributed by atoms with van der Waals surface area (Å²) in [6, 6.07) is 2.08. The summed E-state index contributed by atoms with van der Waals surface area (Å²) < 4.78 is 0. The molecule has 0 fully saturated rings. The van der Waals surface area contributed by atoms with Gasteiger partial charge in [-0.25, -0.2) is 0 Å². The van der Waals surface area contributed by atoms with Crippen molar-refractivity contribution in [2.24, 2.45) is 0 Å². The van der Waals surface area contributed by atoms with Crippen molar-refractivity contribution in [1.29, 1.82) is 0 Å². The van der Waals surface area contributed by atoms with Gasteiger partial charge in [-0.15, -0.1) is 0 Å². The molecule has 2 heteroatoms. The second-order valence-electron chi connectivity index (χ2n) is 4.32. The maximum absolute atomic E-state index is 4.55. The first-order valence-electron chi connectivity index (χ1n) is 5.92. The summed E-state index contributed by atoms with van der Waals surface area (Å²) in [6.45, 7) is 6.40. The second kappa shape index (κ2) is 5.42. The van der Waals surface area contributed by atoms with Gasteiger partial charge in [-0.05, 0) is 49.4 Å². The Kier molecular flexibility index (Phi) is 3.91. The molecule has 0 spiro atoms. The number of allylic oxidation sites excluding steroid dienone is 4. The van der Waals surface area contributed by atoms with Gasteiger partial charge in [0.2, 0.25) is 0 Å². The number of hydrogen-bond acceptors (Lipinski definition) is 1. The van der Waals surface area contributed by atoms with Crippen LogP contribution in [0.3, 0.4) is 0 Å². The first kappa shape index (κ1) is 12.3. The van der Waals surface area contributed by atoms with E-state index in [1.807, 2.05) is 13.1 Å². The fourth-order valence-electron chi connectivity index (χ4n) is 1.92. The number of nitrogens with zero attached hydrogens (tertiary/aromatic N) is 1. The molecule has 0 saturated carbocycles. The van der Waals surface area contributed by atoms with Gasteiger partial charge >= 0.3 is 0 Å². The van der Waals surface area contributed by atoms with Gasteiger partial charge < -0.3 is 0 Å². The van der Waals surface area contributed by atoms with Crippen molar-refractivity contribution in [3.8, 4) is 0 Å². The third kappa shape index (κ3) is 2.73. The summed E-state index contributed by atoms with van der Waals surface area (Å²) in [4.78, 5) is 4.55. The van der Waals surface area contributed by atoms with Crippen molar-refractivity contribution >= 4 is 20.0 Å². The molecule has 2 heterocycles. The van der Waals surface area contributed by atoms with Crippen LogP contribution in [-0.2, 0) is 0 Å². The molecule has 0 aliphatic carbocycles. The molecule has 0 radical (unpaired) electrons. The van der Waals surface area contributed by atoms with E-state index in [-0.39, 0.29) is 0 Å². The highest BCUT2D eigenvalue weighted by Crippen LogP contribution is 2.38. The van der Waals surface area contributed by atoms with Gasteiger partial charge in [0.25, 0.3) is 0 Å². The van der Waals surface area contributed by atoms with E-state index in [9.17, 15) is 0 Å². The molecular formula is C15H18NP. The SMILES string of the molecule is C/C=C\c1ccnc(C2=CC=C(C)CP2)c1C. The molecule has 1 aromatic rings. The molecule has 1 aliphatic rings. The molecule has 0 amide bonds. The predicted molar refractivity (Wildman–Crippen MR) is 78.6 cm³/mol. The van der Waals surface area contributed by atoms with Gasteiger partial charge in [0, 0.05) is 6.20 Å². The zero-order chi connectivity index (χ0) is 12.3. The first-order chi connectivity index (χ1) is 8.22. The number of hydrogen-bond donors (Lipinski definition) is 0. The molecule has 0 N–H and O–H groups in total. The molecule has 1 atom stereocenters. The third-order valence-electron chi connectivity index (χ3n) is 2.94. The van der Waals surface area contributed by atoms with Crippen LogP contribution in [-0.4, -0.2) is 11.1 Å². The van der Waals surface area contributed by atoms with E-state index in [4.69, 9.17) is 0 Å². The van der Waals surface area contributed by atoms with Crippen LogP contribution in [0.1, 0.15) is 30.7 Å². The van der Waals surface area contributed by atoms with Gasteiger partial charge in [0.05, 0.1) is 5.69 Å². The fraction of sp³-hybridized carbons (Fsp3) is 0.267. The van der Waals surface area contributed by atoms with E-state index in [0.29, 0.717) is 0 Å². The quantitative estimate of drug-likeness (QED) is 0.701. The van der Waals surface area contributed by atoms with E-state index in [1.165, 1.54) is 33.9 Å². The summed E-state index contributed by atoms with van der Waals surface area (Å²) in [5.74, 6) is 0. The highest BCUT2D eigenvalue weighted by molar-refractivity contribution is 7.50. The maximum atomic E-state index is 4.55. The number of rotatable bonds is 2. The van der Waals surface area contributed by atoms with Crippen molar-refractivity contribution in [1.82, 2.24) is 4.98 Å². The van der Waals surface area contributed by atoms with Crippen LogP contribution in [0.2, 0.25) is 0 Å². The van der Waals surface area contributed by atoms with Crippen LogP contribution in [0.25, 0.3) is 11.4 Å². The van der Waals surface area contributed by atoms with Crippen LogP contribution in [0, 0.1) is 6.92 Å². The second-order valence-corrected chi connectivity index (χ2v) is 5.57. The zero-order valence-corrected chi connectivity index (χ0v) is 11.6. The Morgan fingerprint density at radius 3 is 2.76 bits per heavy atom. The molecule has 88 valence electrons. The Bertz CT molecular complexity index is 510. The average molecular weight is 243 g/mol. The molecule has 0 aromatic carbocycles. The van der Waals surface area contributed by atoms with E-state index < -0.39 is 0 Å². The largest absolute Gasteiger partial charge is 0.256 e. The highest BCUT2D eigenvalue weighted by atomic mass is 31.1. The summed E-state index contributed by atoms with van der Waals surface area (Å²) in [5, 5.41) is 1.39. The van der Waals surface area contributed by atoms with Crippen molar-refractivity contribution in [2.75, 3.05) is 6.16 Å². The van der Waals surface area contributed by atoms with Crippen molar-refractivity contribution in [2.45, 2.75) is 20.8 Å². The third-order valence-corrected chi connectivity index (χ3v) is 4.46. The fourth-order valence-corrected chi connectivity index (χ4v) is 3.13. The van der Waals surface area contributed by atoms with Gasteiger partial charge in [0.1, 0.15) is 0 Å². The van der Waals surface area contributed by atoms with Crippen LogP contribution < -0.4 is 0 Å². The lowest BCUT2D eigenvalue weighted by atomic mass is 10.1. The van der Waals surface area contributed by atoms with Gasteiger partial charge in [-0.1, -0.05) is 38.5 Å². The Labute approximate surface area is 105 Å². The van der Waals surface area contributed by atoms with E-state index in [1.54, 1.807) is 0 Å². The van der Waals surface area contributed by atoms with E-state index in [0.717, 1.165) is 8.58 Å². The van der Waals surface area contributed by atoms with Crippen LogP contribution in [0.4, 0.5) is 0 Å². The summed E-state index contributed by atoms with van der Waals surface area (Å²) in [5.41, 5.74) is 5.20. The van der Waals surface area contributed by atoms with Crippen molar-refractivity contribution < 1.29 is 0 Å². The minimum absolute atomic E-state index is 0.852. The molecule has 1 nitrogen and oxygen atoms in total. The standard InChI is InChI=1S/C15H18NP/c1-4-5-13-8-9-16-15(12(13)3)14-7-6-11(2)10-17-14/h4-9,17H,10H2,1-3H3/b5-4-. The lowest BCUT2D eigenvalue weighted by Crippen LogP contribution is -1.96. The summed E-state index contributed by atoms with van der Waals surface area (Å²) in [6.07, 6.45) is 11.8. The van der Waals surface area contributed by atoms with Gasteiger partial charge in [-0.3, -0.25) is 4.98 Å². The molecular weight excluding hydrogens is 225 g/mol. The van der Waals surface area contributed by atoms with Crippen molar-refractivity contribution in [3.05, 3.63) is 52.9 Å². The van der Waals surface area contributed by atoms with E-state index >= 15 is 0 Å². The van der Waals surface area contributed by atoms with E-state index in [2.05, 4.69) is 49.2 Å². The molecule has 0 bridgehead atoms. The number of pyridine rings is 1. The van der Waals surface area contributed by atoms with Crippen molar-refractivity contribution in [3.63, 3.8) is 0 Å².